The van der Waals surface area contributed by atoms with Gasteiger partial charge in [0, 0.05) is 19.9 Å². The molecule has 1 aromatic carbocycles. The highest BCUT2D eigenvalue weighted by Gasteiger charge is 2.31. The molecule has 22 heavy (non-hydrogen) atoms. The van der Waals surface area contributed by atoms with Crippen LogP contribution in [0.3, 0.4) is 0 Å². The molecule has 2 aromatic rings. The van der Waals surface area contributed by atoms with E-state index in [1.165, 1.54) is 9.13 Å². The van der Waals surface area contributed by atoms with Gasteiger partial charge < -0.3 is 4.79 Å². The molecule has 0 saturated carbocycles. The molecule has 7 heteroatoms. The number of aldehydes is 1. The van der Waals surface area contributed by atoms with E-state index in [2.05, 4.69) is 5.32 Å². The van der Waals surface area contributed by atoms with Crippen LogP contribution in [0, 0.1) is 0 Å². The number of carbonyl (C=O) groups is 3. The molecule has 2 amide bonds. The van der Waals surface area contributed by atoms with Crippen LogP contribution in [0.2, 0.25) is 0 Å². The Bertz CT molecular complexity index is 846. The van der Waals surface area contributed by atoms with E-state index in [0.29, 0.717) is 17.5 Å². The second-order valence-electron chi connectivity index (χ2n) is 5.37. The third kappa shape index (κ3) is 2.14. The smallest absolute Gasteiger partial charge is 0.303 e. The van der Waals surface area contributed by atoms with Crippen LogP contribution in [0.1, 0.15) is 24.4 Å². The number of aryl methyl sites for hydroxylation is 1. The summed E-state index contributed by atoms with van der Waals surface area (Å²) >= 11 is 0. The minimum atomic E-state index is -0.689. The van der Waals surface area contributed by atoms with Crippen LogP contribution in [-0.2, 0) is 27.9 Å². The van der Waals surface area contributed by atoms with E-state index in [4.69, 9.17) is 0 Å². The SMILES string of the molecule is Cn1c(=O)n(C2CCC(=O)NC2=O)c2ccc(CC=O)cc21. The number of piperidine rings is 1. The molecule has 114 valence electrons. The first-order chi connectivity index (χ1) is 10.5. The van der Waals surface area contributed by atoms with Gasteiger partial charge in [0.1, 0.15) is 12.3 Å². The molecule has 0 spiro atoms. The lowest BCUT2D eigenvalue weighted by atomic mass is 10.1. The zero-order valence-corrected chi connectivity index (χ0v) is 12.0. The fourth-order valence-electron chi connectivity index (χ4n) is 2.86. The van der Waals surface area contributed by atoms with Gasteiger partial charge >= 0.3 is 5.69 Å². The van der Waals surface area contributed by atoms with Crippen LogP contribution < -0.4 is 11.0 Å². The number of imidazole rings is 1. The molecular formula is C15H15N3O4. The van der Waals surface area contributed by atoms with Crippen LogP contribution in [0.4, 0.5) is 0 Å². The lowest BCUT2D eigenvalue weighted by Gasteiger charge is -2.21. The predicted octanol–water partition coefficient (Wildman–Crippen LogP) is 0.0591. The van der Waals surface area contributed by atoms with Gasteiger partial charge in [-0.15, -0.1) is 0 Å². The summed E-state index contributed by atoms with van der Waals surface area (Å²) in [5.74, 6) is -0.773. The number of aromatic nitrogens is 2. The number of nitrogens with one attached hydrogen (secondary N) is 1. The first-order valence-corrected chi connectivity index (χ1v) is 7.00. The van der Waals surface area contributed by atoms with E-state index < -0.39 is 11.9 Å². The molecule has 7 nitrogen and oxygen atoms in total. The molecule has 1 fully saturated rings. The second-order valence-corrected chi connectivity index (χ2v) is 5.37. The maximum absolute atomic E-state index is 12.5. The summed E-state index contributed by atoms with van der Waals surface area (Å²) in [5.41, 5.74) is 1.77. The average molecular weight is 301 g/mol. The Morgan fingerprint density at radius 3 is 2.73 bits per heavy atom. The number of amides is 2. The molecule has 1 saturated heterocycles. The van der Waals surface area contributed by atoms with Gasteiger partial charge in [-0.3, -0.25) is 24.0 Å². The Morgan fingerprint density at radius 2 is 2.05 bits per heavy atom. The van der Waals surface area contributed by atoms with E-state index >= 15 is 0 Å². The van der Waals surface area contributed by atoms with Crippen molar-refractivity contribution in [3.63, 3.8) is 0 Å². The quantitative estimate of drug-likeness (QED) is 0.641. The van der Waals surface area contributed by atoms with Gasteiger partial charge in [0.05, 0.1) is 11.0 Å². The van der Waals surface area contributed by atoms with Crippen molar-refractivity contribution in [2.24, 2.45) is 7.05 Å². The summed E-state index contributed by atoms with van der Waals surface area (Å²) in [7, 11) is 1.62. The molecule has 2 heterocycles. The minimum absolute atomic E-state index is 0.211. The lowest BCUT2D eigenvalue weighted by Crippen LogP contribution is -2.44. The average Bonchev–Trinajstić information content (AvgIpc) is 2.72. The van der Waals surface area contributed by atoms with Gasteiger partial charge in [0.25, 0.3) is 0 Å². The van der Waals surface area contributed by atoms with Gasteiger partial charge in [-0.1, -0.05) is 6.07 Å². The normalized spacial score (nSPS) is 18.5. The van der Waals surface area contributed by atoms with Crippen molar-refractivity contribution in [3.05, 3.63) is 34.2 Å². The van der Waals surface area contributed by atoms with E-state index in [1.807, 2.05) is 0 Å². The van der Waals surface area contributed by atoms with Gasteiger partial charge in [-0.2, -0.15) is 0 Å². The van der Waals surface area contributed by atoms with Crippen molar-refractivity contribution >= 4 is 29.1 Å². The van der Waals surface area contributed by atoms with Crippen molar-refractivity contribution in [2.75, 3.05) is 0 Å². The van der Waals surface area contributed by atoms with E-state index in [-0.39, 0.29) is 24.4 Å². The van der Waals surface area contributed by atoms with E-state index in [9.17, 15) is 19.2 Å². The predicted molar refractivity (Wildman–Crippen MR) is 78.4 cm³/mol. The molecule has 1 aliphatic rings. The number of nitrogens with zero attached hydrogens (tertiary/aromatic N) is 2. The van der Waals surface area contributed by atoms with Crippen LogP contribution in [-0.4, -0.2) is 27.2 Å². The lowest BCUT2D eigenvalue weighted by molar-refractivity contribution is -0.135. The molecule has 1 aliphatic heterocycles. The van der Waals surface area contributed by atoms with E-state index in [1.54, 1.807) is 25.2 Å². The van der Waals surface area contributed by atoms with Crippen LogP contribution >= 0.6 is 0 Å². The number of hydrogen-bond acceptors (Lipinski definition) is 4. The maximum Gasteiger partial charge on any atom is 0.329 e. The number of benzene rings is 1. The van der Waals surface area contributed by atoms with Crippen molar-refractivity contribution in [1.29, 1.82) is 0 Å². The summed E-state index contributed by atoms with van der Waals surface area (Å²) in [5, 5.41) is 2.27. The molecule has 1 unspecified atom stereocenters. The molecule has 0 aliphatic carbocycles. The summed E-state index contributed by atoms with van der Waals surface area (Å²) < 4.78 is 2.87. The Balaban J connectivity index is 2.16. The number of rotatable bonds is 3. The van der Waals surface area contributed by atoms with E-state index in [0.717, 1.165) is 11.8 Å². The van der Waals surface area contributed by atoms with Crippen molar-refractivity contribution in [2.45, 2.75) is 25.3 Å². The first-order valence-electron chi connectivity index (χ1n) is 7.00. The fourth-order valence-corrected chi connectivity index (χ4v) is 2.86. The second kappa shape index (κ2) is 5.25. The van der Waals surface area contributed by atoms with Gasteiger partial charge in [-0.25, -0.2) is 4.79 Å². The molecule has 3 rings (SSSR count). The monoisotopic (exact) mass is 301 g/mol. The summed E-state index contributed by atoms with van der Waals surface area (Å²) in [6, 6.07) is 4.58. The largest absolute Gasteiger partial charge is 0.329 e. The first kappa shape index (κ1) is 14.2. The van der Waals surface area contributed by atoms with Crippen LogP contribution in [0.5, 0.6) is 0 Å². The third-order valence-corrected chi connectivity index (χ3v) is 3.99. The highest BCUT2D eigenvalue weighted by Crippen LogP contribution is 2.23. The Labute approximate surface area is 125 Å². The number of fused-ring (bicyclic) bond motifs is 1. The number of hydrogen-bond donors (Lipinski definition) is 1. The summed E-state index contributed by atoms with van der Waals surface area (Å²) in [6.45, 7) is 0. The third-order valence-electron chi connectivity index (χ3n) is 3.99. The Morgan fingerprint density at radius 1 is 1.27 bits per heavy atom. The molecule has 0 bridgehead atoms. The van der Waals surface area contributed by atoms with Gasteiger partial charge in [0.15, 0.2) is 0 Å². The number of imide groups is 1. The Hall–Kier alpha value is -2.70. The van der Waals surface area contributed by atoms with Crippen molar-refractivity contribution in [1.82, 2.24) is 14.5 Å². The fraction of sp³-hybridized carbons (Fsp3) is 0.333. The molecule has 1 aromatic heterocycles. The van der Waals surface area contributed by atoms with Crippen molar-refractivity contribution in [3.8, 4) is 0 Å². The zero-order chi connectivity index (χ0) is 15.9. The maximum atomic E-state index is 12.5. The standard InChI is InChI=1S/C15H15N3O4/c1-17-12-8-9(6-7-19)2-3-10(12)18(15(17)22)11-4-5-13(20)16-14(11)21/h2-3,7-8,11H,4-6H2,1H3,(H,16,20,21). The summed E-state index contributed by atoms with van der Waals surface area (Å²) in [4.78, 5) is 46.4. The zero-order valence-electron chi connectivity index (χ0n) is 12.0. The Kier molecular flexibility index (Phi) is 3.40. The highest BCUT2D eigenvalue weighted by molar-refractivity contribution is 6.00. The minimum Gasteiger partial charge on any atom is -0.303 e. The van der Waals surface area contributed by atoms with Crippen LogP contribution in [0.15, 0.2) is 23.0 Å². The molecule has 1 N–H and O–H groups in total. The van der Waals surface area contributed by atoms with Gasteiger partial charge in [0.2, 0.25) is 11.8 Å². The highest BCUT2D eigenvalue weighted by atomic mass is 16.2. The number of carbonyl (C=O) groups excluding carboxylic acids is 3. The van der Waals surface area contributed by atoms with Gasteiger partial charge in [-0.05, 0) is 24.1 Å². The molecular weight excluding hydrogens is 286 g/mol. The molecule has 0 radical (unpaired) electrons. The van der Waals surface area contributed by atoms with Crippen molar-refractivity contribution < 1.29 is 14.4 Å². The molecule has 1 atom stereocenters. The van der Waals surface area contributed by atoms with Crippen LogP contribution in [0.25, 0.3) is 11.0 Å². The summed E-state index contributed by atoms with van der Waals surface area (Å²) in [6.07, 6.45) is 1.59. The topological polar surface area (TPSA) is 90.2 Å².